The van der Waals surface area contributed by atoms with Gasteiger partial charge in [-0.1, -0.05) is 36.4 Å². The predicted octanol–water partition coefficient (Wildman–Crippen LogP) is 5.65. The van der Waals surface area contributed by atoms with Gasteiger partial charge in [0, 0.05) is 5.70 Å². The zero-order valence-electron chi connectivity index (χ0n) is 11.9. The monoisotopic (exact) mass is 314 g/mol. The van der Waals surface area contributed by atoms with Crippen LogP contribution in [-0.4, -0.2) is 4.98 Å². The quantitative estimate of drug-likeness (QED) is 0.675. The number of hydrogen-bond acceptors (Lipinski definition) is 3. The topological polar surface area (TPSA) is 24.9 Å². The Morgan fingerprint density at radius 3 is 2.81 bits per heavy atom. The van der Waals surface area contributed by atoms with Gasteiger partial charge in [-0.15, -0.1) is 11.3 Å². The van der Waals surface area contributed by atoms with Crippen molar-refractivity contribution >= 4 is 44.5 Å². The molecule has 2 aromatic carbocycles. The van der Waals surface area contributed by atoms with Gasteiger partial charge in [0.25, 0.3) is 0 Å². The number of anilines is 1. The maximum absolute atomic E-state index is 6.25. The summed E-state index contributed by atoms with van der Waals surface area (Å²) in [6.07, 6.45) is 0. The van der Waals surface area contributed by atoms with E-state index in [4.69, 9.17) is 11.6 Å². The average molecular weight is 315 g/mol. The summed E-state index contributed by atoms with van der Waals surface area (Å²) in [5, 5.41) is 5.10. The third-order valence-electron chi connectivity index (χ3n) is 3.34. The predicted molar refractivity (Wildman–Crippen MR) is 93.2 cm³/mol. The summed E-state index contributed by atoms with van der Waals surface area (Å²) in [7, 11) is 0. The van der Waals surface area contributed by atoms with Crippen molar-refractivity contribution in [2.45, 2.75) is 13.8 Å². The highest BCUT2D eigenvalue weighted by atomic mass is 35.5. The van der Waals surface area contributed by atoms with Crippen molar-refractivity contribution in [3.05, 3.63) is 64.1 Å². The highest BCUT2D eigenvalue weighted by Gasteiger charge is 2.08. The minimum absolute atomic E-state index is 0.700. The van der Waals surface area contributed by atoms with E-state index in [1.807, 2.05) is 44.2 Å². The Hall–Kier alpha value is -1.84. The van der Waals surface area contributed by atoms with Crippen LogP contribution < -0.4 is 5.32 Å². The van der Waals surface area contributed by atoms with Gasteiger partial charge >= 0.3 is 0 Å². The second-order valence-corrected chi connectivity index (χ2v) is 6.59. The van der Waals surface area contributed by atoms with Crippen molar-refractivity contribution in [3.63, 3.8) is 0 Å². The maximum Gasteiger partial charge on any atom is 0.0907 e. The SMILES string of the molecule is C=C(Nc1c(C)cccc1Cl)c1ccc2nc(C)sc2c1. The maximum atomic E-state index is 6.25. The zero-order valence-corrected chi connectivity index (χ0v) is 13.5. The molecule has 1 N–H and O–H groups in total. The Labute approximate surface area is 133 Å². The molecule has 0 aliphatic rings. The molecule has 0 saturated carbocycles. The summed E-state index contributed by atoms with van der Waals surface area (Å²) in [6, 6.07) is 12.0. The van der Waals surface area contributed by atoms with Crippen LogP contribution in [-0.2, 0) is 0 Å². The third-order valence-corrected chi connectivity index (χ3v) is 4.59. The molecular formula is C17H15ClN2S. The van der Waals surface area contributed by atoms with E-state index in [-0.39, 0.29) is 0 Å². The lowest BCUT2D eigenvalue weighted by molar-refractivity contribution is 1.35. The fourth-order valence-electron chi connectivity index (χ4n) is 2.24. The highest BCUT2D eigenvalue weighted by Crippen LogP contribution is 2.30. The molecular weight excluding hydrogens is 300 g/mol. The molecule has 1 aromatic heterocycles. The fraction of sp³-hybridized carbons (Fsp3) is 0.118. The van der Waals surface area contributed by atoms with Crippen LogP contribution in [0.2, 0.25) is 5.02 Å². The van der Waals surface area contributed by atoms with Gasteiger partial charge in [-0.3, -0.25) is 0 Å². The molecule has 0 fully saturated rings. The first kappa shape index (κ1) is 14.1. The Morgan fingerprint density at radius 1 is 1.24 bits per heavy atom. The highest BCUT2D eigenvalue weighted by molar-refractivity contribution is 7.18. The first-order valence-corrected chi connectivity index (χ1v) is 7.82. The van der Waals surface area contributed by atoms with Crippen LogP contribution in [0.25, 0.3) is 15.9 Å². The summed E-state index contributed by atoms with van der Waals surface area (Å²) >= 11 is 7.94. The molecule has 106 valence electrons. The van der Waals surface area contributed by atoms with Crippen molar-refractivity contribution in [2.75, 3.05) is 5.32 Å². The fourth-order valence-corrected chi connectivity index (χ4v) is 3.38. The number of aryl methyl sites for hydroxylation is 2. The zero-order chi connectivity index (χ0) is 15.0. The number of halogens is 1. The molecule has 0 aliphatic heterocycles. The minimum Gasteiger partial charge on any atom is -0.354 e. The minimum atomic E-state index is 0.700. The summed E-state index contributed by atoms with van der Waals surface area (Å²) in [4.78, 5) is 4.47. The van der Waals surface area contributed by atoms with Gasteiger partial charge in [0.1, 0.15) is 0 Å². The summed E-state index contributed by atoms with van der Waals surface area (Å²) < 4.78 is 1.17. The van der Waals surface area contributed by atoms with E-state index in [1.54, 1.807) is 11.3 Å². The molecule has 0 spiro atoms. The number of fused-ring (bicyclic) bond motifs is 1. The van der Waals surface area contributed by atoms with Crippen LogP contribution in [0.4, 0.5) is 5.69 Å². The number of nitrogens with zero attached hydrogens (tertiary/aromatic N) is 1. The van der Waals surface area contributed by atoms with Crippen LogP contribution in [0.1, 0.15) is 16.1 Å². The van der Waals surface area contributed by atoms with Crippen molar-refractivity contribution in [2.24, 2.45) is 0 Å². The standard InChI is InChI=1S/C17H15ClN2S/c1-10-5-4-6-14(18)17(10)19-11(2)13-7-8-15-16(9-13)21-12(3)20-15/h4-9,19H,2H2,1,3H3. The van der Waals surface area contributed by atoms with Crippen LogP contribution in [0, 0.1) is 13.8 Å². The Balaban J connectivity index is 1.93. The Morgan fingerprint density at radius 2 is 2.05 bits per heavy atom. The normalized spacial score (nSPS) is 10.8. The summed E-state index contributed by atoms with van der Waals surface area (Å²) in [5.74, 6) is 0. The van der Waals surface area contributed by atoms with E-state index in [0.717, 1.165) is 33.0 Å². The molecule has 0 bridgehead atoms. The number of aromatic nitrogens is 1. The molecule has 4 heteroatoms. The first-order chi connectivity index (χ1) is 10.0. The number of nitrogens with one attached hydrogen (secondary N) is 1. The van der Waals surface area contributed by atoms with Gasteiger partial charge in [0.15, 0.2) is 0 Å². The molecule has 3 aromatic rings. The third kappa shape index (κ3) is 2.80. The summed E-state index contributed by atoms with van der Waals surface area (Å²) in [5.41, 5.74) is 4.91. The Kier molecular flexibility index (Phi) is 3.70. The number of benzene rings is 2. The molecule has 21 heavy (non-hydrogen) atoms. The van der Waals surface area contributed by atoms with E-state index in [2.05, 4.69) is 22.9 Å². The molecule has 1 heterocycles. The van der Waals surface area contributed by atoms with Crippen molar-refractivity contribution < 1.29 is 0 Å². The first-order valence-electron chi connectivity index (χ1n) is 6.63. The molecule has 0 radical (unpaired) electrons. The van der Waals surface area contributed by atoms with Crippen LogP contribution in [0.5, 0.6) is 0 Å². The molecule has 3 rings (SSSR count). The van der Waals surface area contributed by atoms with Gasteiger partial charge in [-0.2, -0.15) is 0 Å². The second kappa shape index (κ2) is 5.51. The molecule has 0 saturated heterocycles. The molecule has 0 amide bonds. The van der Waals surface area contributed by atoms with Gasteiger partial charge < -0.3 is 5.32 Å². The number of rotatable bonds is 3. The van der Waals surface area contributed by atoms with E-state index >= 15 is 0 Å². The lowest BCUT2D eigenvalue weighted by Gasteiger charge is -2.13. The molecule has 0 atom stereocenters. The lowest BCUT2D eigenvalue weighted by atomic mass is 10.1. The number of hydrogen-bond donors (Lipinski definition) is 1. The van der Waals surface area contributed by atoms with Crippen molar-refractivity contribution in [1.29, 1.82) is 0 Å². The van der Waals surface area contributed by atoms with Gasteiger partial charge in [-0.25, -0.2) is 4.98 Å². The second-order valence-electron chi connectivity index (χ2n) is 4.95. The van der Waals surface area contributed by atoms with Crippen molar-refractivity contribution in [3.8, 4) is 0 Å². The molecule has 0 aliphatic carbocycles. The van der Waals surface area contributed by atoms with Gasteiger partial charge in [-0.05, 0) is 43.2 Å². The van der Waals surface area contributed by atoms with Gasteiger partial charge in [0.2, 0.25) is 0 Å². The summed E-state index contributed by atoms with van der Waals surface area (Å²) in [6.45, 7) is 8.17. The van der Waals surface area contributed by atoms with E-state index < -0.39 is 0 Å². The van der Waals surface area contributed by atoms with E-state index in [1.165, 1.54) is 4.70 Å². The van der Waals surface area contributed by atoms with Crippen molar-refractivity contribution in [1.82, 2.24) is 4.98 Å². The van der Waals surface area contributed by atoms with Crippen LogP contribution in [0.15, 0.2) is 43.0 Å². The van der Waals surface area contributed by atoms with E-state index in [9.17, 15) is 0 Å². The molecule has 2 nitrogen and oxygen atoms in total. The largest absolute Gasteiger partial charge is 0.354 e. The van der Waals surface area contributed by atoms with Crippen LogP contribution >= 0.6 is 22.9 Å². The van der Waals surface area contributed by atoms with E-state index in [0.29, 0.717) is 5.02 Å². The number of thiazole rings is 1. The smallest absolute Gasteiger partial charge is 0.0907 e. The van der Waals surface area contributed by atoms with Gasteiger partial charge in [0.05, 0.1) is 25.9 Å². The van der Waals surface area contributed by atoms with Crippen LogP contribution in [0.3, 0.4) is 0 Å². The molecule has 0 unspecified atom stereocenters. The number of para-hydroxylation sites is 1. The Bertz CT molecular complexity index is 816. The lowest BCUT2D eigenvalue weighted by Crippen LogP contribution is -1.99. The average Bonchev–Trinajstić information content (AvgIpc) is 2.81.